The largest absolute Gasteiger partial charge is 0.493 e. The standard InChI is InChI=1S/C28H29F2N7O2/c1-3-5-12-37(4-2)13-7-14-39-20-10-11-21-24(17-20)31-18-32-28(21)34-25-15-19(35-36-25)16-26(38)33-23-9-6-8-22(29)27(23)30/h2,6,8-11,15,17-18H,3,5,7,12-14,16H2,1H3,(H,33,38)(H2,31,32,34,35,36). The van der Waals surface area contributed by atoms with E-state index in [0.717, 1.165) is 43.8 Å². The van der Waals surface area contributed by atoms with E-state index in [1.54, 1.807) is 6.07 Å². The molecule has 0 aliphatic heterocycles. The highest BCUT2D eigenvalue weighted by Gasteiger charge is 2.13. The van der Waals surface area contributed by atoms with E-state index in [-0.39, 0.29) is 12.1 Å². The van der Waals surface area contributed by atoms with Gasteiger partial charge < -0.3 is 20.3 Å². The number of aromatic amines is 1. The summed E-state index contributed by atoms with van der Waals surface area (Å²) >= 11 is 0. The summed E-state index contributed by atoms with van der Waals surface area (Å²) in [4.78, 5) is 22.9. The second-order valence-corrected chi connectivity index (χ2v) is 8.80. The number of anilines is 3. The van der Waals surface area contributed by atoms with Crippen LogP contribution >= 0.6 is 0 Å². The number of terminal acetylenes is 1. The molecule has 11 heteroatoms. The molecule has 3 N–H and O–H groups in total. The van der Waals surface area contributed by atoms with Gasteiger partial charge in [0.25, 0.3) is 0 Å². The van der Waals surface area contributed by atoms with E-state index in [9.17, 15) is 13.6 Å². The van der Waals surface area contributed by atoms with Gasteiger partial charge in [0, 0.05) is 42.3 Å². The first-order valence-corrected chi connectivity index (χ1v) is 12.6. The Morgan fingerprint density at radius 1 is 1.15 bits per heavy atom. The van der Waals surface area contributed by atoms with E-state index < -0.39 is 17.5 Å². The van der Waals surface area contributed by atoms with Crippen molar-refractivity contribution in [1.82, 2.24) is 25.1 Å². The van der Waals surface area contributed by atoms with Crippen LogP contribution in [0.3, 0.4) is 0 Å². The third-order valence-electron chi connectivity index (χ3n) is 5.87. The summed E-state index contributed by atoms with van der Waals surface area (Å²) in [5.74, 6) is -1.03. The summed E-state index contributed by atoms with van der Waals surface area (Å²) in [6.07, 6.45) is 9.85. The summed E-state index contributed by atoms with van der Waals surface area (Å²) in [5, 5.41) is 13.1. The molecule has 1 amide bonds. The molecule has 0 spiro atoms. The molecule has 4 aromatic rings. The van der Waals surface area contributed by atoms with Crippen molar-refractivity contribution in [2.45, 2.75) is 32.6 Å². The summed E-state index contributed by atoms with van der Waals surface area (Å²) in [6.45, 7) is 4.32. The number of carbonyl (C=O) groups is 1. The zero-order chi connectivity index (χ0) is 27.6. The van der Waals surface area contributed by atoms with Crippen molar-refractivity contribution in [3.63, 3.8) is 0 Å². The van der Waals surface area contributed by atoms with Gasteiger partial charge in [-0.15, -0.1) is 0 Å². The minimum absolute atomic E-state index is 0.117. The number of ether oxygens (including phenoxy) is 1. The topological polar surface area (TPSA) is 108 Å². The lowest BCUT2D eigenvalue weighted by molar-refractivity contribution is -0.115. The predicted octanol–water partition coefficient (Wildman–Crippen LogP) is 5.02. The SMILES string of the molecule is C#CN(CCCC)CCCOc1ccc2c(Nc3cc(CC(=O)Nc4cccc(F)c4F)[nH]n3)ncnc2c1. The normalized spacial score (nSPS) is 10.7. The second kappa shape index (κ2) is 13.2. The number of unbranched alkanes of at least 4 members (excludes halogenated alkanes) is 1. The van der Waals surface area contributed by atoms with Gasteiger partial charge in [-0.1, -0.05) is 25.8 Å². The average molecular weight is 534 g/mol. The molecule has 0 aliphatic rings. The van der Waals surface area contributed by atoms with Gasteiger partial charge in [0.05, 0.1) is 24.2 Å². The van der Waals surface area contributed by atoms with Gasteiger partial charge in [0.1, 0.15) is 17.9 Å². The van der Waals surface area contributed by atoms with Crippen molar-refractivity contribution in [1.29, 1.82) is 0 Å². The zero-order valence-electron chi connectivity index (χ0n) is 21.5. The average Bonchev–Trinajstić information content (AvgIpc) is 3.37. The number of carbonyl (C=O) groups excluding carboxylic acids is 1. The number of aromatic nitrogens is 4. The van der Waals surface area contributed by atoms with Crippen molar-refractivity contribution >= 4 is 34.1 Å². The molecule has 0 aliphatic carbocycles. The van der Waals surface area contributed by atoms with Gasteiger partial charge in [0.15, 0.2) is 17.5 Å². The summed E-state index contributed by atoms with van der Waals surface area (Å²) < 4.78 is 33.1. The highest BCUT2D eigenvalue weighted by Crippen LogP contribution is 2.26. The van der Waals surface area contributed by atoms with Crippen LogP contribution in [0.4, 0.5) is 26.1 Å². The number of hydrogen-bond acceptors (Lipinski definition) is 7. The highest BCUT2D eigenvalue weighted by molar-refractivity contribution is 5.93. The van der Waals surface area contributed by atoms with E-state index in [1.807, 2.05) is 23.1 Å². The Kier molecular flexibility index (Phi) is 9.24. The molecule has 0 bridgehead atoms. The molecule has 2 aromatic heterocycles. The first-order valence-electron chi connectivity index (χ1n) is 12.6. The Morgan fingerprint density at radius 3 is 2.82 bits per heavy atom. The fourth-order valence-corrected chi connectivity index (χ4v) is 3.87. The number of halogens is 2. The third-order valence-corrected chi connectivity index (χ3v) is 5.87. The van der Waals surface area contributed by atoms with E-state index in [1.165, 1.54) is 18.5 Å². The number of amides is 1. The Balaban J connectivity index is 1.33. The van der Waals surface area contributed by atoms with Crippen molar-refractivity contribution in [2.24, 2.45) is 0 Å². The summed E-state index contributed by atoms with van der Waals surface area (Å²) in [5.41, 5.74) is 0.930. The van der Waals surface area contributed by atoms with E-state index in [2.05, 4.69) is 43.8 Å². The lowest BCUT2D eigenvalue weighted by atomic mass is 10.2. The number of nitrogens with zero attached hydrogens (tertiary/aromatic N) is 4. The van der Waals surface area contributed by atoms with Gasteiger partial charge in [-0.2, -0.15) is 5.10 Å². The van der Waals surface area contributed by atoms with Crippen LogP contribution in [0.15, 0.2) is 48.8 Å². The summed E-state index contributed by atoms with van der Waals surface area (Å²) in [6, 6.07) is 13.5. The van der Waals surface area contributed by atoms with Crippen LogP contribution in [0.2, 0.25) is 0 Å². The van der Waals surface area contributed by atoms with E-state index in [0.29, 0.717) is 35.2 Å². The Hall–Kier alpha value is -4.72. The molecular weight excluding hydrogens is 504 g/mol. The molecule has 0 atom stereocenters. The van der Waals surface area contributed by atoms with Gasteiger partial charge in [0.2, 0.25) is 5.91 Å². The molecule has 2 heterocycles. The van der Waals surface area contributed by atoms with E-state index >= 15 is 0 Å². The van der Waals surface area contributed by atoms with Crippen LogP contribution in [0.5, 0.6) is 5.75 Å². The number of benzene rings is 2. The molecule has 0 fully saturated rings. The molecule has 0 saturated heterocycles. The lowest BCUT2D eigenvalue weighted by Crippen LogP contribution is -2.21. The molecule has 39 heavy (non-hydrogen) atoms. The maximum Gasteiger partial charge on any atom is 0.230 e. The minimum Gasteiger partial charge on any atom is -0.493 e. The van der Waals surface area contributed by atoms with Gasteiger partial charge in [-0.05, 0) is 37.1 Å². The first-order chi connectivity index (χ1) is 19.0. The number of rotatable bonds is 13. The fraction of sp³-hybridized carbons (Fsp3) is 0.286. The number of hydrogen-bond donors (Lipinski definition) is 3. The predicted molar refractivity (Wildman–Crippen MR) is 146 cm³/mol. The first kappa shape index (κ1) is 27.3. The van der Waals surface area contributed by atoms with Crippen LogP contribution in [-0.2, 0) is 11.2 Å². The summed E-state index contributed by atoms with van der Waals surface area (Å²) in [7, 11) is 0. The molecule has 0 saturated carbocycles. The minimum atomic E-state index is -1.11. The Morgan fingerprint density at radius 2 is 2.00 bits per heavy atom. The van der Waals surface area contributed by atoms with Crippen molar-refractivity contribution < 1.29 is 18.3 Å². The third kappa shape index (κ3) is 7.41. The van der Waals surface area contributed by atoms with Gasteiger partial charge >= 0.3 is 0 Å². The van der Waals surface area contributed by atoms with Crippen molar-refractivity contribution in [3.05, 3.63) is 66.1 Å². The van der Waals surface area contributed by atoms with Crippen LogP contribution in [-0.4, -0.2) is 50.7 Å². The Labute approximate surface area is 225 Å². The molecule has 0 radical (unpaired) electrons. The van der Waals surface area contributed by atoms with Crippen LogP contribution in [0, 0.1) is 24.1 Å². The van der Waals surface area contributed by atoms with Crippen LogP contribution in [0.1, 0.15) is 31.9 Å². The molecule has 2 aromatic carbocycles. The van der Waals surface area contributed by atoms with Gasteiger partial charge in [-0.3, -0.25) is 9.89 Å². The monoisotopic (exact) mass is 533 g/mol. The van der Waals surface area contributed by atoms with Crippen molar-refractivity contribution in [3.8, 4) is 18.2 Å². The quantitative estimate of drug-likeness (QED) is 0.126. The molecular formula is C28H29F2N7O2. The fourth-order valence-electron chi connectivity index (χ4n) is 3.87. The maximum absolute atomic E-state index is 13.8. The lowest BCUT2D eigenvalue weighted by Gasteiger charge is -2.17. The highest BCUT2D eigenvalue weighted by atomic mass is 19.2. The number of fused-ring (bicyclic) bond motifs is 1. The second-order valence-electron chi connectivity index (χ2n) is 8.80. The molecule has 9 nitrogen and oxygen atoms in total. The van der Waals surface area contributed by atoms with Crippen molar-refractivity contribution in [2.75, 3.05) is 30.3 Å². The molecule has 4 rings (SSSR count). The number of nitrogens with one attached hydrogen (secondary N) is 3. The van der Waals surface area contributed by atoms with Gasteiger partial charge in [-0.25, -0.2) is 18.7 Å². The molecule has 0 unspecified atom stereocenters. The smallest absolute Gasteiger partial charge is 0.230 e. The van der Waals surface area contributed by atoms with E-state index in [4.69, 9.17) is 11.2 Å². The maximum atomic E-state index is 13.8. The zero-order valence-corrected chi connectivity index (χ0v) is 21.5. The number of H-pyrrole nitrogens is 1. The molecule has 202 valence electrons. The van der Waals surface area contributed by atoms with Crippen LogP contribution < -0.4 is 15.4 Å². The Bertz CT molecular complexity index is 1470. The van der Waals surface area contributed by atoms with Crippen LogP contribution in [0.25, 0.3) is 10.9 Å².